The molecule has 0 spiro atoms. The second-order valence-corrected chi connectivity index (χ2v) is 6.36. The number of benzene rings is 1. The summed E-state index contributed by atoms with van der Waals surface area (Å²) in [4.78, 5) is 27.6. The zero-order chi connectivity index (χ0) is 18.7. The molecule has 1 saturated heterocycles. The average Bonchev–Trinajstić information content (AvgIpc) is 3.20. The summed E-state index contributed by atoms with van der Waals surface area (Å²) in [5.41, 5.74) is 1.73. The second-order valence-electron chi connectivity index (χ2n) is 6.36. The molecule has 0 unspecified atom stereocenters. The monoisotopic (exact) mass is 358 g/mol. The smallest absolute Gasteiger partial charge is 0.332 e. The lowest BCUT2D eigenvalue weighted by atomic mass is 10.2. The van der Waals surface area contributed by atoms with Crippen LogP contribution in [0.25, 0.3) is 0 Å². The van der Waals surface area contributed by atoms with Crippen LogP contribution in [0, 0.1) is 6.92 Å². The number of nitrogens with zero attached hydrogens (tertiary/aromatic N) is 2. The summed E-state index contributed by atoms with van der Waals surface area (Å²) in [6.07, 6.45) is 0.570. The van der Waals surface area contributed by atoms with Crippen LogP contribution in [0.3, 0.4) is 0 Å². The molecule has 2 aromatic rings. The van der Waals surface area contributed by atoms with E-state index < -0.39 is 18.2 Å². The first-order valence-electron chi connectivity index (χ1n) is 8.47. The van der Waals surface area contributed by atoms with Crippen molar-refractivity contribution in [3.8, 4) is 0 Å². The van der Waals surface area contributed by atoms with Gasteiger partial charge >= 0.3 is 6.03 Å². The maximum absolute atomic E-state index is 12.7. The first-order chi connectivity index (χ1) is 12.5. The van der Waals surface area contributed by atoms with Crippen LogP contribution in [0.1, 0.15) is 18.2 Å². The molecule has 2 heterocycles. The van der Waals surface area contributed by atoms with E-state index >= 15 is 0 Å². The van der Waals surface area contributed by atoms with E-state index in [0.29, 0.717) is 11.4 Å². The summed E-state index contributed by atoms with van der Waals surface area (Å²) in [5, 5.41) is 10.1. The lowest BCUT2D eigenvalue weighted by Crippen LogP contribution is -2.40. The Kier molecular flexibility index (Phi) is 5.39. The number of aliphatic hydroxyl groups excluding tert-OH is 1. The molecule has 0 bridgehead atoms. The van der Waals surface area contributed by atoms with Gasteiger partial charge in [0.05, 0.1) is 25.5 Å². The Morgan fingerprint density at radius 2 is 1.96 bits per heavy atom. The number of furan rings is 1. The Labute approximate surface area is 151 Å². The number of aryl methyl sites for hydroxylation is 1. The zero-order valence-electron chi connectivity index (χ0n) is 14.8. The minimum atomic E-state index is -0.969. The van der Waals surface area contributed by atoms with E-state index in [4.69, 9.17) is 9.15 Å². The number of ether oxygens (including phenoxy) is 1. The van der Waals surface area contributed by atoms with Gasteiger partial charge in [-0.2, -0.15) is 0 Å². The lowest BCUT2D eigenvalue weighted by Gasteiger charge is -2.20. The fourth-order valence-corrected chi connectivity index (χ4v) is 2.89. The molecular formula is C19H22N2O5. The SMILES string of the molecule is Cc1ccc(N2C(=O)N(C[C@H](O)COCc3ccco3)C(=O)[C@@H]2C)cc1. The van der Waals surface area contributed by atoms with Gasteiger partial charge in [0.2, 0.25) is 0 Å². The normalized spacial score (nSPS) is 18.7. The van der Waals surface area contributed by atoms with Crippen LogP contribution in [0.5, 0.6) is 0 Å². The van der Waals surface area contributed by atoms with Crippen LogP contribution >= 0.6 is 0 Å². The number of urea groups is 1. The Bertz CT molecular complexity index is 757. The molecule has 1 aromatic carbocycles. The first-order valence-corrected chi connectivity index (χ1v) is 8.47. The summed E-state index contributed by atoms with van der Waals surface area (Å²) in [5.74, 6) is 0.311. The van der Waals surface area contributed by atoms with E-state index in [1.807, 2.05) is 31.2 Å². The summed E-state index contributed by atoms with van der Waals surface area (Å²) < 4.78 is 10.5. The second kappa shape index (κ2) is 7.72. The number of amides is 3. The molecule has 1 fully saturated rings. The van der Waals surface area contributed by atoms with E-state index in [1.165, 1.54) is 11.2 Å². The summed E-state index contributed by atoms with van der Waals surface area (Å²) in [7, 11) is 0. The van der Waals surface area contributed by atoms with Crippen molar-refractivity contribution in [2.24, 2.45) is 0 Å². The van der Waals surface area contributed by atoms with E-state index in [2.05, 4.69) is 0 Å². The Morgan fingerprint density at radius 3 is 2.62 bits per heavy atom. The molecule has 1 aliphatic heterocycles. The van der Waals surface area contributed by atoms with Crippen LogP contribution in [-0.4, -0.2) is 47.2 Å². The van der Waals surface area contributed by atoms with Crippen LogP contribution < -0.4 is 4.90 Å². The fourth-order valence-electron chi connectivity index (χ4n) is 2.89. The quantitative estimate of drug-likeness (QED) is 0.768. The molecule has 7 nitrogen and oxygen atoms in total. The first kappa shape index (κ1) is 18.2. The number of hydrogen-bond acceptors (Lipinski definition) is 5. The van der Waals surface area contributed by atoms with Gasteiger partial charge in [0.15, 0.2) is 0 Å². The zero-order valence-corrected chi connectivity index (χ0v) is 14.8. The molecule has 138 valence electrons. The summed E-state index contributed by atoms with van der Waals surface area (Å²) in [6, 6.07) is 9.86. The lowest BCUT2D eigenvalue weighted by molar-refractivity contribution is -0.128. The minimum Gasteiger partial charge on any atom is -0.467 e. The third-order valence-corrected chi connectivity index (χ3v) is 4.29. The summed E-state index contributed by atoms with van der Waals surface area (Å²) >= 11 is 0. The van der Waals surface area contributed by atoms with Crippen LogP contribution in [0.15, 0.2) is 47.1 Å². The predicted octanol–water partition coefficient (Wildman–Crippen LogP) is 2.32. The third kappa shape index (κ3) is 3.79. The van der Waals surface area contributed by atoms with Gasteiger partial charge in [-0.15, -0.1) is 0 Å². The number of imide groups is 1. The molecule has 3 rings (SSSR count). The average molecular weight is 358 g/mol. The number of hydrogen-bond donors (Lipinski definition) is 1. The van der Waals surface area contributed by atoms with Crippen LogP contribution in [0.2, 0.25) is 0 Å². The highest BCUT2D eigenvalue weighted by atomic mass is 16.5. The van der Waals surface area contributed by atoms with Crippen molar-refractivity contribution in [2.75, 3.05) is 18.1 Å². The third-order valence-electron chi connectivity index (χ3n) is 4.29. The van der Waals surface area contributed by atoms with Gasteiger partial charge in [-0.25, -0.2) is 4.79 Å². The van der Waals surface area contributed by atoms with Gasteiger partial charge in [0.25, 0.3) is 5.91 Å². The molecule has 1 aromatic heterocycles. The number of carbonyl (C=O) groups excluding carboxylic acids is 2. The topological polar surface area (TPSA) is 83.2 Å². The Balaban J connectivity index is 1.59. The molecular weight excluding hydrogens is 336 g/mol. The van der Waals surface area contributed by atoms with Gasteiger partial charge in [-0.05, 0) is 38.1 Å². The van der Waals surface area contributed by atoms with Gasteiger partial charge < -0.3 is 14.3 Å². The van der Waals surface area contributed by atoms with Gasteiger partial charge in [-0.1, -0.05) is 17.7 Å². The molecule has 0 radical (unpaired) electrons. The molecule has 3 amide bonds. The van der Waals surface area contributed by atoms with E-state index in [9.17, 15) is 14.7 Å². The maximum Gasteiger partial charge on any atom is 0.332 e. The highest BCUT2D eigenvalue weighted by Crippen LogP contribution is 2.26. The van der Waals surface area contributed by atoms with Crippen molar-refractivity contribution < 1.29 is 23.8 Å². The number of rotatable bonds is 7. The standard InChI is InChI=1S/C19H22N2O5/c1-13-5-7-15(8-6-13)21-14(2)18(23)20(19(21)24)10-16(22)11-25-12-17-4-3-9-26-17/h3-9,14,16,22H,10-12H2,1-2H3/t14-,16-/m0/s1. The number of anilines is 1. The van der Waals surface area contributed by atoms with Gasteiger partial charge in [0.1, 0.15) is 18.4 Å². The van der Waals surface area contributed by atoms with E-state index in [1.54, 1.807) is 19.1 Å². The summed E-state index contributed by atoms with van der Waals surface area (Å²) in [6.45, 7) is 3.74. The van der Waals surface area contributed by atoms with Crippen molar-refractivity contribution in [1.82, 2.24) is 4.90 Å². The van der Waals surface area contributed by atoms with Crippen molar-refractivity contribution in [1.29, 1.82) is 0 Å². The number of aliphatic hydroxyl groups is 1. The molecule has 2 atom stereocenters. The van der Waals surface area contributed by atoms with E-state index in [-0.39, 0.29) is 25.7 Å². The van der Waals surface area contributed by atoms with Crippen molar-refractivity contribution in [3.05, 3.63) is 54.0 Å². The molecule has 1 aliphatic rings. The van der Waals surface area contributed by atoms with Crippen molar-refractivity contribution in [3.63, 3.8) is 0 Å². The van der Waals surface area contributed by atoms with Crippen LogP contribution in [0.4, 0.5) is 10.5 Å². The number of carbonyl (C=O) groups is 2. The molecule has 0 saturated carbocycles. The van der Waals surface area contributed by atoms with E-state index in [0.717, 1.165) is 10.5 Å². The Morgan fingerprint density at radius 1 is 1.23 bits per heavy atom. The molecule has 7 heteroatoms. The maximum atomic E-state index is 12.7. The highest BCUT2D eigenvalue weighted by molar-refractivity contribution is 6.14. The number of β-amino-alcohol motifs (C(OH)–C–C–N with tert-alkyl or cyclic N) is 1. The predicted molar refractivity (Wildman–Crippen MR) is 94.6 cm³/mol. The molecule has 0 aliphatic carbocycles. The minimum absolute atomic E-state index is 0.00330. The fraction of sp³-hybridized carbons (Fsp3) is 0.368. The largest absolute Gasteiger partial charge is 0.467 e. The Hall–Kier alpha value is -2.64. The van der Waals surface area contributed by atoms with Gasteiger partial charge in [0, 0.05) is 5.69 Å². The van der Waals surface area contributed by atoms with Crippen LogP contribution in [-0.2, 0) is 16.1 Å². The van der Waals surface area contributed by atoms with Crippen molar-refractivity contribution in [2.45, 2.75) is 32.6 Å². The van der Waals surface area contributed by atoms with Gasteiger partial charge in [-0.3, -0.25) is 14.6 Å². The molecule has 26 heavy (non-hydrogen) atoms. The highest BCUT2D eigenvalue weighted by Gasteiger charge is 2.43. The molecule has 1 N–H and O–H groups in total. The van der Waals surface area contributed by atoms with Crippen molar-refractivity contribution >= 4 is 17.6 Å².